The number of rotatable bonds is 2. The Morgan fingerprint density at radius 3 is 2.82 bits per heavy atom. The van der Waals surface area contributed by atoms with Crippen LogP contribution in [0.4, 0.5) is 5.69 Å². The van der Waals surface area contributed by atoms with Crippen molar-refractivity contribution in [2.45, 2.75) is 43.7 Å². The summed E-state index contributed by atoms with van der Waals surface area (Å²) in [7, 11) is 0. The monoisotopic (exact) mass is 343 g/mol. The molecule has 1 aromatic rings. The fourth-order valence-electron chi connectivity index (χ4n) is 2.87. The molecular formula is C14H18INO. The van der Waals surface area contributed by atoms with Gasteiger partial charge in [0.2, 0.25) is 0 Å². The number of nitrogens with one attached hydrogen (secondary N) is 1. The van der Waals surface area contributed by atoms with Crippen LogP contribution in [0.1, 0.15) is 32.1 Å². The lowest BCUT2D eigenvalue weighted by molar-refractivity contribution is -0.130. The summed E-state index contributed by atoms with van der Waals surface area (Å²) in [4.78, 5) is 0. The Hall–Kier alpha value is -0.290. The third-order valence-corrected chi connectivity index (χ3v) is 4.93. The molecule has 3 rings (SSSR count). The molecule has 2 nitrogen and oxygen atoms in total. The van der Waals surface area contributed by atoms with E-state index in [1.807, 2.05) is 0 Å². The van der Waals surface area contributed by atoms with Crippen LogP contribution in [0.3, 0.4) is 0 Å². The van der Waals surface area contributed by atoms with Crippen LogP contribution in [0.2, 0.25) is 0 Å². The SMILES string of the molecule is Ic1ccccc1NC1CCOC2(CCC2)C1. The number of hydrogen-bond acceptors (Lipinski definition) is 2. The second-order valence-electron chi connectivity index (χ2n) is 5.20. The first-order valence-electron chi connectivity index (χ1n) is 6.42. The van der Waals surface area contributed by atoms with Crippen LogP contribution < -0.4 is 5.32 Å². The summed E-state index contributed by atoms with van der Waals surface area (Å²) >= 11 is 2.39. The normalized spacial score (nSPS) is 26.5. The van der Waals surface area contributed by atoms with Gasteiger partial charge in [0.05, 0.1) is 5.60 Å². The van der Waals surface area contributed by atoms with Crippen molar-refractivity contribution in [2.24, 2.45) is 0 Å². The van der Waals surface area contributed by atoms with Gasteiger partial charge in [-0.1, -0.05) is 12.1 Å². The minimum absolute atomic E-state index is 0.232. The first-order chi connectivity index (χ1) is 8.27. The maximum atomic E-state index is 5.96. The molecule has 1 aromatic carbocycles. The van der Waals surface area contributed by atoms with Crippen LogP contribution in [-0.2, 0) is 4.74 Å². The van der Waals surface area contributed by atoms with E-state index in [4.69, 9.17) is 4.74 Å². The summed E-state index contributed by atoms with van der Waals surface area (Å²) in [6.45, 7) is 0.918. The highest BCUT2D eigenvalue weighted by Crippen LogP contribution is 2.42. The maximum Gasteiger partial charge on any atom is 0.0702 e. The Morgan fingerprint density at radius 1 is 1.29 bits per heavy atom. The van der Waals surface area contributed by atoms with Crippen LogP contribution in [-0.4, -0.2) is 18.2 Å². The van der Waals surface area contributed by atoms with Crippen molar-refractivity contribution in [1.82, 2.24) is 0 Å². The molecule has 0 radical (unpaired) electrons. The van der Waals surface area contributed by atoms with Gasteiger partial charge in [-0.15, -0.1) is 0 Å². The highest BCUT2D eigenvalue weighted by molar-refractivity contribution is 14.1. The van der Waals surface area contributed by atoms with Crippen molar-refractivity contribution < 1.29 is 4.74 Å². The highest BCUT2D eigenvalue weighted by Gasteiger charge is 2.42. The van der Waals surface area contributed by atoms with Gasteiger partial charge in [-0.05, 0) is 66.8 Å². The zero-order chi connectivity index (χ0) is 11.7. The number of anilines is 1. The summed E-state index contributed by atoms with van der Waals surface area (Å²) in [5, 5.41) is 3.69. The van der Waals surface area contributed by atoms with Gasteiger partial charge >= 0.3 is 0 Å². The molecule has 1 aliphatic heterocycles. The second-order valence-corrected chi connectivity index (χ2v) is 6.36. The molecular weight excluding hydrogens is 325 g/mol. The van der Waals surface area contributed by atoms with Crippen molar-refractivity contribution in [3.8, 4) is 0 Å². The summed E-state index contributed by atoms with van der Waals surface area (Å²) in [6.07, 6.45) is 6.18. The molecule has 0 bridgehead atoms. The lowest BCUT2D eigenvalue weighted by Crippen LogP contribution is -2.49. The van der Waals surface area contributed by atoms with E-state index >= 15 is 0 Å². The van der Waals surface area contributed by atoms with E-state index in [0.29, 0.717) is 6.04 Å². The van der Waals surface area contributed by atoms with Gasteiger partial charge in [0.25, 0.3) is 0 Å². The number of halogens is 1. The van der Waals surface area contributed by atoms with Gasteiger partial charge in [0.1, 0.15) is 0 Å². The second kappa shape index (κ2) is 4.76. The number of hydrogen-bond donors (Lipinski definition) is 1. The summed E-state index contributed by atoms with van der Waals surface area (Å²) < 4.78 is 7.26. The molecule has 1 saturated carbocycles. The number of benzene rings is 1. The highest BCUT2D eigenvalue weighted by atomic mass is 127. The minimum atomic E-state index is 0.232. The van der Waals surface area contributed by atoms with Crippen LogP contribution >= 0.6 is 22.6 Å². The van der Waals surface area contributed by atoms with E-state index in [1.54, 1.807) is 0 Å². The summed E-state index contributed by atoms with van der Waals surface area (Å²) in [5.41, 5.74) is 1.50. The van der Waals surface area contributed by atoms with Crippen LogP contribution in [0, 0.1) is 3.57 Å². The predicted octanol–water partition coefficient (Wildman–Crippen LogP) is 3.80. The zero-order valence-electron chi connectivity index (χ0n) is 9.92. The van der Waals surface area contributed by atoms with Gasteiger partial charge in [0.15, 0.2) is 0 Å². The van der Waals surface area contributed by atoms with E-state index in [1.165, 1.54) is 34.9 Å². The lowest BCUT2D eigenvalue weighted by atomic mass is 9.74. The zero-order valence-corrected chi connectivity index (χ0v) is 12.1. The molecule has 2 fully saturated rings. The predicted molar refractivity (Wildman–Crippen MR) is 78.3 cm³/mol. The smallest absolute Gasteiger partial charge is 0.0702 e. The molecule has 1 unspecified atom stereocenters. The van der Waals surface area contributed by atoms with Gasteiger partial charge in [-0.2, -0.15) is 0 Å². The van der Waals surface area contributed by atoms with E-state index in [9.17, 15) is 0 Å². The molecule has 1 heterocycles. The summed E-state index contributed by atoms with van der Waals surface area (Å²) in [5.74, 6) is 0. The molecule has 1 spiro atoms. The van der Waals surface area contributed by atoms with Gasteiger partial charge in [-0.3, -0.25) is 0 Å². The lowest BCUT2D eigenvalue weighted by Gasteiger charge is -2.47. The minimum Gasteiger partial charge on any atom is -0.381 e. The van der Waals surface area contributed by atoms with Gasteiger partial charge in [-0.25, -0.2) is 0 Å². The molecule has 3 heteroatoms. The summed E-state index contributed by atoms with van der Waals surface area (Å²) in [6, 6.07) is 9.10. The molecule has 0 amide bonds. The van der Waals surface area contributed by atoms with E-state index in [-0.39, 0.29) is 5.60 Å². The standard InChI is InChI=1S/C14H18INO/c15-12-4-1-2-5-13(12)16-11-6-9-17-14(10-11)7-3-8-14/h1-2,4-5,11,16H,3,6-10H2. The maximum absolute atomic E-state index is 5.96. The Labute approximate surface area is 116 Å². The number of ether oxygens (including phenoxy) is 1. The molecule has 0 aromatic heterocycles. The van der Waals surface area contributed by atoms with Gasteiger partial charge in [0, 0.05) is 21.9 Å². The molecule has 92 valence electrons. The first-order valence-corrected chi connectivity index (χ1v) is 7.50. The van der Waals surface area contributed by atoms with Gasteiger partial charge < -0.3 is 10.1 Å². The third kappa shape index (κ3) is 2.45. The quantitative estimate of drug-likeness (QED) is 0.825. The molecule has 1 atom stereocenters. The van der Waals surface area contributed by atoms with E-state index in [2.05, 4.69) is 52.2 Å². The van der Waals surface area contributed by atoms with Crippen molar-refractivity contribution in [2.75, 3.05) is 11.9 Å². The Bertz CT molecular complexity index is 403. The fraction of sp³-hybridized carbons (Fsp3) is 0.571. The first kappa shape index (κ1) is 11.8. The Morgan fingerprint density at radius 2 is 2.12 bits per heavy atom. The molecule has 1 saturated heterocycles. The van der Waals surface area contributed by atoms with Crippen LogP contribution in [0.15, 0.2) is 24.3 Å². The van der Waals surface area contributed by atoms with Crippen LogP contribution in [0.25, 0.3) is 0 Å². The average Bonchev–Trinajstić information content (AvgIpc) is 2.31. The van der Waals surface area contributed by atoms with Crippen molar-refractivity contribution >= 4 is 28.3 Å². The van der Waals surface area contributed by atoms with Crippen molar-refractivity contribution in [1.29, 1.82) is 0 Å². The molecule has 17 heavy (non-hydrogen) atoms. The average molecular weight is 343 g/mol. The number of para-hydroxylation sites is 1. The van der Waals surface area contributed by atoms with Crippen molar-refractivity contribution in [3.05, 3.63) is 27.8 Å². The molecule has 1 N–H and O–H groups in total. The van der Waals surface area contributed by atoms with E-state index < -0.39 is 0 Å². The molecule has 2 aliphatic rings. The largest absolute Gasteiger partial charge is 0.381 e. The van der Waals surface area contributed by atoms with Crippen LogP contribution in [0.5, 0.6) is 0 Å². The third-order valence-electron chi connectivity index (χ3n) is 3.99. The topological polar surface area (TPSA) is 21.3 Å². The van der Waals surface area contributed by atoms with E-state index in [0.717, 1.165) is 13.0 Å². The Kier molecular flexibility index (Phi) is 3.30. The van der Waals surface area contributed by atoms with Crippen molar-refractivity contribution in [3.63, 3.8) is 0 Å². The molecule has 1 aliphatic carbocycles. The fourth-order valence-corrected chi connectivity index (χ4v) is 3.41. The Balaban J connectivity index is 1.67.